The standard InChI is InChI=1S/C29H18Cl3F9N2O4/c1-11(47-29(39,40)41)21(44)10-17-19(34)4-5-20(24(17)35)43-25(45)16-9-15(2-3-18(16)30)42-26(46)23-22(27(23,31)32)12-6-13(28(36,37)38)8-14(33)7-12/h2-9,11,22-23H,10H2,1H3,(H,42,46)(H,43,45)/t11?,22-,23+/m0/s1. The summed E-state index contributed by atoms with van der Waals surface area (Å²) in [6.45, 7) is 0.736. The van der Waals surface area contributed by atoms with E-state index in [0.29, 0.717) is 12.1 Å². The molecule has 1 aliphatic carbocycles. The van der Waals surface area contributed by atoms with Gasteiger partial charge in [-0.25, -0.2) is 13.2 Å². The van der Waals surface area contributed by atoms with Gasteiger partial charge in [0.1, 0.15) is 22.1 Å². The van der Waals surface area contributed by atoms with E-state index >= 15 is 4.39 Å². The van der Waals surface area contributed by atoms with Gasteiger partial charge in [0.05, 0.1) is 27.8 Å². The van der Waals surface area contributed by atoms with Crippen LogP contribution in [0, 0.1) is 23.4 Å². The summed E-state index contributed by atoms with van der Waals surface area (Å²) in [5, 5.41) is 4.22. The maximum absolute atomic E-state index is 15.1. The first-order valence-electron chi connectivity index (χ1n) is 13.0. The molecule has 0 heterocycles. The summed E-state index contributed by atoms with van der Waals surface area (Å²) >= 11 is 18.4. The quantitative estimate of drug-likeness (QED) is 0.170. The molecule has 18 heteroatoms. The summed E-state index contributed by atoms with van der Waals surface area (Å²) in [4.78, 5) is 38.1. The molecule has 2 amide bonds. The molecule has 0 bridgehead atoms. The smallest absolute Gasteiger partial charge is 0.326 e. The summed E-state index contributed by atoms with van der Waals surface area (Å²) in [5.74, 6) is -9.97. The fourth-order valence-corrected chi connectivity index (χ4v) is 5.68. The van der Waals surface area contributed by atoms with Crippen molar-refractivity contribution in [3.05, 3.63) is 93.3 Å². The Morgan fingerprint density at radius 3 is 2.21 bits per heavy atom. The first-order valence-corrected chi connectivity index (χ1v) is 14.1. The van der Waals surface area contributed by atoms with Gasteiger partial charge in [-0.05, 0) is 61.0 Å². The lowest BCUT2D eigenvalue weighted by Crippen LogP contribution is -2.30. The van der Waals surface area contributed by atoms with Gasteiger partial charge in [-0.15, -0.1) is 36.4 Å². The highest BCUT2D eigenvalue weighted by Crippen LogP contribution is 2.65. The Morgan fingerprint density at radius 2 is 1.60 bits per heavy atom. The largest absolute Gasteiger partial charge is 0.523 e. The molecule has 1 unspecified atom stereocenters. The Kier molecular flexibility index (Phi) is 10.2. The molecule has 0 saturated heterocycles. The van der Waals surface area contributed by atoms with Gasteiger partial charge in [0, 0.05) is 23.6 Å². The molecular weight excluding hydrogens is 718 g/mol. The average Bonchev–Trinajstić information content (AvgIpc) is 3.53. The van der Waals surface area contributed by atoms with Crippen LogP contribution in [0.1, 0.15) is 39.9 Å². The molecule has 2 N–H and O–H groups in total. The number of ketones is 1. The number of carbonyl (C=O) groups excluding carboxylic acids is 3. The molecule has 1 fully saturated rings. The van der Waals surface area contributed by atoms with Gasteiger partial charge in [0.25, 0.3) is 5.91 Å². The minimum atomic E-state index is -5.19. The second kappa shape index (κ2) is 13.2. The maximum atomic E-state index is 15.1. The van der Waals surface area contributed by atoms with Crippen molar-refractivity contribution in [2.75, 3.05) is 10.6 Å². The third kappa shape index (κ3) is 8.31. The minimum Gasteiger partial charge on any atom is -0.326 e. The van der Waals surface area contributed by atoms with E-state index in [9.17, 15) is 49.5 Å². The van der Waals surface area contributed by atoms with Crippen LogP contribution in [-0.2, 0) is 26.9 Å². The lowest BCUT2D eigenvalue weighted by Gasteiger charge is -2.16. The van der Waals surface area contributed by atoms with Crippen molar-refractivity contribution >= 4 is 63.8 Å². The number of anilines is 2. The highest BCUT2D eigenvalue weighted by Gasteiger charge is 2.67. The molecule has 3 aromatic carbocycles. The number of hydrogen-bond acceptors (Lipinski definition) is 4. The normalized spacial score (nSPS) is 18.0. The van der Waals surface area contributed by atoms with Gasteiger partial charge in [0.2, 0.25) is 5.91 Å². The first kappa shape index (κ1) is 36.3. The summed E-state index contributed by atoms with van der Waals surface area (Å²) < 4.78 is 122. The molecule has 1 aliphatic rings. The number of alkyl halides is 8. The molecule has 3 atom stereocenters. The van der Waals surface area contributed by atoms with Gasteiger partial charge < -0.3 is 10.6 Å². The number of amides is 2. The van der Waals surface area contributed by atoms with Gasteiger partial charge in [-0.1, -0.05) is 11.6 Å². The molecule has 0 aromatic heterocycles. The average molecular weight is 736 g/mol. The van der Waals surface area contributed by atoms with Crippen LogP contribution in [0.25, 0.3) is 0 Å². The molecule has 0 aliphatic heterocycles. The summed E-state index contributed by atoms with van der Waals surface area (Å²) in [7, 11) is 0. The van der Waals surface area contributed by atoms with Gasteiger partial charge in [-0.2, -0.15) is 13.2 Å². The number of benzene rings is 3. The topological polar surface area (TPSA) is 84.5 Å². The number of carbonyl (C=O) groups is 3. The predicted octanol–water partition coefficient (Wildman–Crippen LogP) is 8.59. The molecule has 0 spiro atoms. The number of hydrogen-bond donors (Lipinski definition) is 2. The molecule has 47 heavy (non-hydrogen) atoms. The molecule has 6 nitrogen and oxygen atoms in total. The second-order valence-electron chi connectivity index (χ2n) is 10.3. The Hall–Kier alpha value is -3.53. The van der Waals surface area contributed by atoms with E-state index in [1.165, 1.54) is 6.07 Å². The Morgan fingerprint density at radius 1 is 0.936 bits per heavy atom. The number of ether oxygens (including phenoxy) is 1. The van der Waals surface area contributed by atoms with Crippen LogP contribution in [0.4, 0.5) is 50.9 Å². The number of nitrogens with one attached hydrogen (secondary N) is 2. The van der Waals surface area contributed by atoms with Crippen molar-refractivity contribution in [3.63, 3.8) is 0 Å². The summed E-state index contributed by atoms with van der Waals surface area (Å²) in [5.41, 5.74) is -3.74. The van der Waals surface area contributed by atoms with Crippen molar-refractivity contribution in [3.8, 4) is 0 Å². The number of rotatable bonds is 9. The summed E-state index contributed by atoms with van der Waals surface area (Å²) in [6.07, 6.45) is -13.3. The fraction of sp³-hybridized carbons (Fsp3) is 0.276. The Bertz CT molecular complexity index is 1750. The van der Waals surface area contributed by atoms with Crippen LogP contribution in [-0.4, -0.2) is 34.4 Å². The molecule has 252 valence electrons. The van der Waals surface area contributed by atoms with Crippen LogP contribution in [0.5, 0.6) is 0 Å². The first-order chi connectivity index (χ1) is 21.6. The van der Waals surface area contributed by atoms with Crippen LogP contribution >= 0.6 is 34.8 Å². The van der Waals surface area contributed by atoms with E-state index < -0.39 is 93.1 Å². The minimum absolute atomic E-state index is 0.112. The van der Waals surface area contributed by atoms with Crippen LogP contribution in [0.2, 0.25) is 5.02 Å². The zero-order valence-electron chi connectivity index (χ0n) is 23.2. The van der Waals surface area contributed by atoms with E-state index in [2.05, 4.69) is 15.4 Å². The highest BCUT2D eigenvalue weighted by atomic mass is 35.5. The Balaban J connectivity index is 1.51. The van der Waals surface area contributed by atoms with E-state index in [1.807, 2.05) is 0 Å². The molecule has 4 rings (SSSR count). The maximum Gasteiger partial charge on any atom is 0.523 e. The van der Waals surface area contributed by atoms with Crippen molar-refractivity contribution in [1.82, 2.24) is 0 Å². The van der Waals surface area contributed by atoms with Gasteiger partial charge in [-0.3, -0.25) is 19.1 Å². The predicted molar refractivity (Wildman–Crippen MR) is 152 cm³/mol. The fourth-order valence-electron chi connectivity index (χ4n) is 4.65. The number of halogens is 12. The van der Waals surface area contributed by atoms with E-state index in [-0.39, 0.29) is 27.9 Å². The summed E-state index contributed by atoms with van der Waals surface area (Å²) in [6, 6.07) is 6.43. The van der Waals surface area contributed by atoms with E-state index in [0.717, 1.165) is 31.2 Å². The van der Waals surface area contributed by atoms with Crippen molar-refractivity contribution in [2.45, 2.75) is 42.2 Å². The molecule has 0 radical (unpaired) electrons. The third-order valence-electron chi connectivity index (χ3n) is 6.97. The second-order valence-corrected chi connectivity index (χ2v) is 12.1. The number of Topliss-reactive ketones (excluding diaryl/α,β-unsaturated/α-hetero) is 1. The highest BCUT2D eigenvalue weighted by molar-refractivity contribution is 6.53. The van der Waals surface area contributed by atoms with Crippen molar-refractivity contribution < 1.29 is 58.6 Å². The van der Waals surface area contributed by atoms with Crippen molar-refractivity contribution in [2.24, 2.45) is 5.92 Å². The Labute approximate surface area is 274 Å². The molecule has 1 saturated carbocycles. The van der Waals surface area contributed by atoms with Gasteiger partial charge in [0.15, 0.2) is 11.6 Å². The lowest BCUT2D eigenvalue weighted by molar-refractivity contribution is -0.335. The van der Waals surface area contributed by atoms with E-state index in [4.69, 9.17) is 34.8 Å². The van der Waals surface area contributed by atoms with Crippen LogP contribution in [0.15, 0.2) is 48.5 Å². The van der Waals surface area contributed by atoms with Gasteiger partial charge >= 0.3 is 12.5 Å². The molecule has 3 aromatic rings. The zero-order chi connectivity index (χ0) is 35.2. The zero-order valence-corrected chi connectivity index (χ0v) is 25.5. The molecular formula is C29H18Cl3F9N2O4. The third-order valence-corrected chi connectivity index (χ3v) is 8.24. The monoisotopic (exact) mass is 734 g/mol. The van der Waals surface area contributed by atoms with Crippen LogP contribution in [0.3, 0.4) is 0 Å². The SMILES string of the molecule is CC(OC(F)(F)F)C(=O)Cc1c(F)ccc(NC(=O)c2cc(NC(=O)[C@H]3[C@H](c4cc(F)cc(C(F)(F)F)c4)C3(Cl)Cl)ccc2Cl)c1F. The lowest BCUT2D eigenvalue weighted by atomic mass is 10.0. The van der Waals surface area contributed by atoms with Crippen molar-refractivity contribution in [1.29, 1.82) is 0 Å². The van der Waals surface area contributed by atoms with E-state index in [1.54, 1.807) is 0 Å². The van der Waals surface area contributed by atoms with Crippen LogP contribution < -0.4 is 10.6 Å².